The summed E-state index contributed by atoms with van der Waals surface area (Å²) in [6.07, 6.45) is 5.60. The molecule has 3 rings (SSSR count). The number of hydrogen-bond acceptors (Lipinski definition) is 6. The molecule has 0 saturated heterocycles. The van der Waals surface area contributed by atoms with Crippen molar-refractivity contribution < 1.29 is 23.5 Å². The summed E-state index contributed by atoms with van der Waals surface area (Å²) in [6, 6.07) is 8.40. The fraction of sp³-hybridized carbons (Fsp3) is 0.273. The number of nitrogens with zero attached hydrogens (tertiary/aromatic N) is 3. The van der Waals surface area contributed by atoms with Gasteiger partial charge < -0.3 is 4.74 Å². The molecule has 0 unspecified atom stereocenters. The number of carbonyl (C=O) groups excluding carboxylic acids is 3. The van der Waals surface area contributed by atoms with Gasteiger partial charge in [0.25, 0.3) is 0 Å². The van der Waals surface area contributed by atoms with E-state index in [4.69, 9.17) is 14.3 Å². The van der Waals surface area contributed by atoms with Crippen molar-refractivity contribution in [2.24, 2.45) is 0 Å². The molecule has 0 aliphatic rings. The van der Waals surface area contributed by atoms with Crippen molar-refractivity contribution in [3.63, 3.8) is 0 Å². The maximum atomic E-state index is 14.6. The standard InChI is InChI=1S/C21H22FN3O2.CO2/c1-5-15-10-11-23-19-13-18(24-25(15)19)16-8-6-14(12-17(16)22)7-9-20(26)27-21(2,3)4;2-1-3/h6-13H,5H2,1-4H3;/b9-7+;. The number of hydrogen-bond donors (Lipinski definition) is 0. The van der Waals surface area contributed by atoms with Crippen molar-refractivity contribution in [2.75, 3.05) is 0 Å². The zero-order valence-electron chi connectivity index (χ0n) is 17.2. The molecule has 8 heteroatoms. The highest BCUT2D eigenvalue weighted by Crippen LogP contribution is 2.24. The third-order valence-corrected chi connectivity index (χ3v) is 3.89. The molecule has 0 saturated carbocycles. The van der Waals surface area contributed by atoms with Crippen LogP contribution in [0, 0.1) is 5.82 Å². The number of aromatic nitrogens is 3. The summed E-state index contributed by atoms with van der Waals surface area (Å²) in [4.78, 5) is 32.3. The zero-order chi connectivity index (χ0) is 22.3. The van der Waals surface area contributed by atoms with Gasteiger partial charge in [0.1, 0.15) is 11.4 Å². The van der Waals surface area contributed by atoms with Gasteiger partial charge in [-0.2, -0.15) is 14.7 Å². The molecule has 3 aromatic rings. The Bertz CT molecular complexity index is 1110. The predicted molar refractivity (Wildman–Crippen MR) is 108 cm³/mol. The van der Waals surface area contributed by atoms with Crippen LogP contribution in [0.1, 0.15) is 39.0 Å². The summed E-state index contributed by atoms with van der Waals surface area (Å²) in [6.45, 7) is 7.41. The van der Waals surface area contributed by atoms with E-state index in [-0.39, 0.29) is 6.15 Å². The van der Waals surface area contributed by atoms with Crippen LogP contribution in [-0.2, 0) is 25.5 Å². The maximum absolute atomic E-state index is 14.6. The Balaban J connectivity index is 0.00000101. The second kappa shape index (κ2) is 9.71. The molecule has 0 radical (unpaired) electrons. The zero-order valence-corrected chi connectivity index (χ0v) is 17.2. The summed E-state index contributed by atoms with van der Waals surface area (Å²) in [7, 11) is 0. The fourth-order valence-electron chi connectivity index (χ4n) is 2.69. The minimum atomic E-state index is -0.564. The number of rotatable bonds is 4. The van der Waals surface area contributed by atoms with Crippen LogP contribution < -0.4 is 0 Å². The molecule has 2 aromatic heterocycles. The summed E-state index contributed by atoms with van der Waals surface area (Å²) in [5.41, 5.74) is 2.59. The third kappa shape index (κ3) is 5.93. The van der Waals surface area contributed by atoms with E-state index in [1.165, 1.54) is 18.2 Å². The molecule has 0 spiro atoms. The molecule has 0 bridgehead atoms. The largest absolute Gasteiger partial charge is 0.457 e. The van der Waals surface area contributed by atoms with Crippen LogP contribution in [0.4, 0.5) is 4.39 Å². The van der Waals surface area contributed by atoms with E-state index >= 15 is 0 Å². The van der Waals surface area contributed by atoms with Gasteiger partial charge in [0.2, 0.25) is 0 Å². The SMILES string of the molecule is CCc1ccnc2cc(-c3ccc(/C=C/C(=O)OC(C)(C)C)cc3F)nn12.O=C=O. The van der Waals surface area contributed by atoms with Gasteiger partial charge in [-0.3, -0.25) is 0 Å². The molecule has 1 aromatic carbocycles. The van der Waals surface area contributed by atoms with Gasteiger partial charge >= 0.3 is 12.1 Å². The van der Waals surface area contributed by atoms with Crippen LogP contribution in [0.15, 0.2) is 42.6 Å². The van der Waals surface area contributed by atoms with E-state index in [0.717, 1.165) is 12.1 Å². The van der Waals surface area contributed by atoms with Gasteiger partial charge in [-0.15, -0.1) is 0 Å². The molecule has 2 heterocycles. The van der Waals surface area contributed by atoms with E-state index in [1.807, 2.05) is 13.0 Å². The van der Waals surface area contributed by atoms with Crippen molar-refractivity contribution in [3.05, 3.63) is 59.7 Å². The highest BCUT2D eigenvalue weighted by Gasteiger charge is 2.14. The van der Waals surface area contributed by atoms with Gasteiger partial charge in [-0.1, -0.05) is 13.0 Å². The summed E-state index contributed by atoms with van der Waals surface area (Å²) in [5.74, 6) is -0.881. The molecule has 30 heavy (non-hydrogen) atoms. The van der Waals surface area contributed by atoms with Crippen LogP contribution in [0.3, 0.4) is 0 Å². The van der Waals surface area contributed by atoms with Crippen molar-refractivity contribution in [3.8, 4) is 11.3 Å². The monoisotopic (exact) mass is 411 g/mol. The van der Waals surface area contributed by atoms with Crippen LogP contribution in [0.5, 0.6) is 0 Å². The molecule has 0 atom stereocenters. The van der Waals surface area contributed by atoms with Gasteiger partial charge in [0.05, 0.1) is 5.69 Å². The Labute approximate surface area is 173 Å². The Morgan fingerprint density at radius 2 is 1.93 bits per heavy atom. The van der Waals surface area contributed by atoms with E-state index in [0.29, 0.717) is 22.5 Å². The number of halogens is 1. The lowest BCUT2D eigenvalue weighted by Gasteiger charge is -2.17. The molecule has 0 amide bonds. The molecule has 0 aliphatic heterocycles. The van der Waals surface area contributed by atoms with Crippen molar-refractivity contribution >= 4 is 23.8 Å². The molecular weight excluding hydrogens is 389 g/mol. The number of carbonyl (C=O) groups is 1. The number of fused-ring (bicyclic) bond motifs is 1. The second-order valence-corrected chi connectivity index (χ2v) is 7.28. The van der Waals surface area contributed by atoms with E-state index in [9.17, 15) is 9.18 Å². The van der Waals surface area contributed by atoms with Gasteiger partial charge in [0.15, 0.2) is 5.65 Å². The third-order valence-electron chi connectivity index (χ3n) is 3.89. The lowest BCUT2D eigenvalue weighted by atomic mass is 10.1. The van der Waals surface area contributed by atoms with E-state index in [1.54, 1.807) is 49.7 Å². The Morgan fingerprint density at radius 1 is 1.23 bits per heavy atom. The van der Waals surface area contributed by atoms with Crippen molar-refractivity contribution in [1.29, 1.82) is 0 Å². The lowest BCUT2D eigenvalue weighted by molar-refractivity contribution is -0.191. The summed E-state index contributed by atoms with van der Waals surface area (Å²) in [5, 5.41) is 4.48. The van der Waals surface area contributed by atoms with E-state index < -0.39 is 17.4 Å². The van der Waals surface area contributed by atoms with E-state index in [2.05, 4.69) is 10.1 Å². The average Bonchev–Trinajstić information content (AvgIpc) is 3.09. The fourth-order valence-corrected chi connectivity index (χ4v) is 2.69. The van der Waals surface area contributed by atoms with Gasteiger partial charge in [-0.25, -0.2) is 18.7 Å². The van der Waals surface area contributed by atoms with Crippen LogP contribution in [0.2, 0.25) is 0 Å². The van der Waals surface area contributed by atoms with Crippen molar-refractivity contribution in [1.82, 2.24) is 14.6 Å². The average molecular weight is 411 g/mol. The topological polar surface area (TPSA) is 90.6 Å². The number of aryl methyl sites for hydroxylation is 1. The Kier molecular flexibility index (Phi) is 7.33. The first kappa shape index (κ1) is 22.6. The highest BCUT2D eigenvalue weighted by atomic mass is 19.1. The van der Waals surface area contributed by atoms with Gasteiger partial charge in [-0.05, 0) is 57.0 Å². The quantitative estimate of drug-likeness (QED) is 0.478. The maximum Gasteiger partial charge on any atom is 0.373 e. The number of esters is 1. The minimum absolute atomic E-state index is 0.250. The molecule has 156 valence electrons. The number of benzene rings is 1. The Morgan fingerprint density at radius 3 is 2.53 bits per heavy atom. The summed E-state index contributed by atoms with van der Waals surface area (Å²) < 4.78 is 21.5. The molecule has 0 aliphatic carbocycles. The van der Waals surface area contributed by atoms with Crippen LogP contribution in [-0.4, -0.2) is 32.3 Å². The van der Waals surface area contributed by atoms with Crippen molar-refractivity contribution in [2.45, 2.75) is 39.7 Å². The van der Waals surface area contributed by atoms with Crippen LogP contribution >= 0.6 is 0 Å². The predicted octanol–water partition coefficient (Wildman–Crippen LogP) is 3.87. The summed E-state index contributed by atoms with van der Waals surface area (Å²) >= 11 is 0. The van der Waals surface area contributed by atoms with Crippen LogP contribution in [0.25, 0.3) is 23.0 Å². The lowest BCUT2D eigenvalue weighted by Crippen LogP contribution is -2.22. The smallest absolute Gasteiger partial charge is 0.373 e. The number of ether oxygens (including phenoxy) is 1. The first-order chi connectivity index (χ1) is 14.2. The first-order valence-corrected chi connectivity index (χ1v) is 9.22. The molecule has 0 N–H and O–H groups in total. The Hall–Kier alpha value is -3.64. The van der Waals surface area contributed by atoms with Gasteiger partial charge in [0, 0.05) is 29.6 Å². The molecule has 0 fully saturated rings. The normalized spacial score (nSPS) is 11.1. The highest BCUT2D eigenvalue weighted by molar-refractivity contribution is 5.87. The minimum Gasteiger partial charge on any atom is -0.457 e. The second-order valence-electron chi connectivity index (χ2n) is 7.28. The molecule has 7 nitrogen and oxygen atoms in total. The first-order valence-electron chi connectivity index (χ1n) is 9.22. The molecular formula is C22H22FN3O4.